The van der Waals surface area contributed by atoms with Crippen LogP contribution in [-0.2, 0) is 0 Å². The second-order valence-corrected chi connectivity index (χ2v) is 4.74. The highest BCUT2D eigenvalue weighted by Crippen LogP contribution is 2.28. The van der Waals surface area contributed by atoms with E-state index in [1.807, 2.05) is 18.3 Å². The van der Waals surface area contributed by atoms with Gasteiger partial charge in [-0.1, -0.05) is 0 Å². The number of pyridine rings is 1. The van der Waals surface area contributed by atoms with Crippen LogP contribution in [0.4, 0.5) is 5.95 Å². The molecule has 0 bridgehead atoms. The molecule has 0 radical (unpaired) electrons. The Bertz CT molecular complexity index is 489. The highest BCUT2D eigenvalue weighted by molar-refractivity contribution is 9.10. The van der Waals surface area contributed by atoms with Gasteiger partial charge in [0, 0.05) is 12.7 Å². The molecule has 0 aromatic carbocycles. The molecule has 3 rings (SSSR count). The summed E-state index contributed by atoms with van der Waals surface area (Å²) in [5, 5.41) is 7.60. The summed E-state index contributed by atoms with van der Waals surface area (Å²) in [6, 6.07) is 3.91. The van der Waals surface area contributed by atoms with Crippen LogP contribution in [-0.4, -0.2) is 21.1 Å². The molecule has 0 aliphatic heterocycles. The van der Waals surface area contributed by atoms with Gasteiger partial charge in [-0.15, -0.1) is 5.10 Å². The van der Waals surface area contributed by atoms with Crippen molar-refractivity contribution in [1.29, 1.82) is 0 Å². The minimum absolute atomic E-state index is 0.716. The quantitative estimate of drug-likeness (QED) is 0.927. The van der Waals surface area contributed by atoms with Crippen molar-refractivity contribution >= 4 is 27.5 Å². The molecule has 5 heteroatoms. The number of hydrogen-bond donors (Lipinski definition) is 1. The standard InChI is InChI=1S/C10H11BrN4/c11-8-2-1-5-15-9(8)13-10(14-15)12-6-7-3-4-7/h1-2,5,7H,3-4,6H2,(H,12,14). The van der Waals surface area contributed by atoms with E-state index in [2.05, 4.69) is 31.3 Å². The molecular formula is C10H11BrN4. The molecule has 2 aromatic heterocycles. The highest BCUT2D eigenvalue weighted by atomic mass is 79.9. The fraction of sp³-hybridized carbons (Fsp3) is 0.400. The molecule has 1 saturated carbocycles. The Morgan fingerprint density at radius 2 is 2.40 bits per heavy atom. The Labute approximate surface area is 95.8 Å². The van der Waals surface area contributed by atoms with E-state index in [1.165, 1.54) is 12.8 Å². The maximum atomic E-state index is 4.41. The van der Waals surface area contributed by atoms with E-state index in [0.717, 1.165) is 22.6 Å². The minimum Gasteiger partial charge on any atom is -0.353 e. The van der Waals surface area contributed by atoms with Crippen molar-refractivity contribution < 1.29 is 0 Å². The van der Waals surface area contributed by atoms with Crippen molar-refractivity contribution in [2.24, 2.45) is 5.92 Å². The summed E-state index contributed by atoms with van der Waals surface area (Å²) in [5.74, 6) is 1.55. The first-order valence-electron chi connectivity index (χ1n) is 5.08. The number of aromatic nitrogens is 3. The average Bonchev–Trinajstić information content (AvgIpc) is 2.95. The van der Waals surface area contributed by atoms with Gasteiger partial charge in [0.1, 0.15) is 0 Å². The molecule has 15 heavy (non-hydrogen) atoms. The second-order valence-electron chi connectivity index (χ2n) is 3.88. The fourth-order valence-corrected chi connectivity index (χ4v) is 1.93. The van der Waals surface area contributed by atoms with Crippen LogP contribution >= 0.6 is 15.9 Å². The molecule has 2 aromatic rings. The monoisotopic (exact) mass is 266 g/mol. The van der Waals surface area contributed by atoms with Gasteiger partial charge in [0.25, 0.3) is 0 Å². The van der Waals surface area contributed by atoms with Gasteiger partial charge in [0.05, 0.1) is 4.47 Å². The summed E-state index contributed by atoms with van der Waals surface area (Å²) in [5.41, 5.74) is 0.857. The van der Waals surface area contributed by atoms with Crippen LogP contribution in [0.15, 0.2) is 22.8 Å². The van der Waals surface area contributed by atoms with Crippen LogP contribution in [0.3, 0.4) is 0 Å². The Hall–Kier alpha value is -1.10. The van der Waals surface area contributed by atoms with Gasteiger partial charge in [0.15, 0.2) is 5.65 Å². The maximum Gasteiger partial charge on any atom is 0.243 e. The van der Waals surface area contributed by atoms with Gasteiger partial charge in [-0.05, 0) is 46.8 Å². The third kappa shape index (κ3) is 1.84. The number of anilines is 1. The van der Waals surface area contributed by atoms with Crippen molar-refractivity contribution in [3.63, 3.8) is 0 Å². The molecule has 78 valence electrons. The van der Waals surface area contributed by atoms with Crippen molar-refractivity contribution in [3.05, 3.63) is 22.8 Å². The number of hydrogen-bond acceptors (Lipinski definition) is 3. The zero-order valence-corrected chi connectivity index (χ0v) is 9.74. The fourth-order valence-electron chi connectivity index (χ4n) is 1.51. The van der Waals surface area contributed by atoms with E-state index in [0.29, 0.717) is 5.95 Å². The molecule has 0 saturated heterocycles. The van der Waals surface area contributed by atoms with Crippen LogP contribution in [0, 0.1) is 5.92 Å². The molecule has 4 nitrogen and oxygen atoms in total. The predicted molar refractivity (Wildman–Crippen MR) is 61.9 cm³/mol. The number of fused-ring (bicyclic) bond motifs is 1. The summed E-state index contributed by atoms with van der Waals surface area (Å²) in [6.07, 6.45) is 4.57. The van der Waals surface area contributed by atoms with E-state index >= 15 is 0 Å². The van der Waals surface area contributed by atoms with Gasteiger partial charge >= 0.3 is 0 Å². The van der Waals surface area contributed by atoms with Gasteiger partial charge < -0.3 is 5.32 Å². The third-order valence-corrected chi connectivity index (χ3v) is 3.18. The van der Waals surface area contributed by atoms with Crippen molar-refractivity contribution in [2.45, 2.75) is 12.8 Å². The summed E-state index contributed by atoms with van der Waals surface area (Å²) < 4.78 is 2.75. The third-order valence-electron chi connectivity index (χ3n) is 2.56. The number of nitrogens with zero attached hydrogens (tertiary/aromatic N) is 3. The van der Waals surface area contributed by atoms with Crippen molar-refractivity contribution in [3.8, 4) is 0 Å². The number of rotatable bonds is 3. The first kappa shape index (κ1) is 9.15. The Morgan fingerprint density at radius 1 is 1.53 bits per heavy atom. The largest absolute Gasteiger partial charge is 0.353 e. The molecular weight excluding hydrogens is 256 g/mol. The molecule has 2 heterocycles. The van der Waals surface area contributed by atoms with Gasteiger partial charge in [0.2, 0.25) is 5.95 Å². The van der Waals surface area contributed by atoms with Crippen LogP contribution in [0.5, 0.6) is 0 Å². The predicted octanol–water partition coefficient (Wildman–Crippen LogP) is 2.31. The van der Waals surface area contributed by atoms with Crippen LogP contribution in [0.2, 0.25) is 0 Å². The lowest BCUT2D eigenvalue weighted by Gasteiger charge is -1.96. The molecule has 0 spiro atoms. The normalized spacial score (nSPS) is 15.8. The molecule has 0 atom stereocenters. The Morgan fingerprint density at radius 3 is 3.13 bits per heavy atom. The topological polar surface area (TPSA) is 42.2 Å². The van der Waals surface area contributed by atoms with Crippen molar-refractivity contribution in [2.75, 3.05) is 11.9 Å². The van der Waals surface area contributed by atoms with Crippen LogP contribution < -0.4 is 5.32 Å². The van der Waals surface area contributed by atoms with Gasteiger partial charge in [-0.3, -0.25) is 0 Å². The summed E-state index contributed by atoms with van der Waals surface area (Å²) in [7, 11) is 0. The highest BCUT2D eigenvalue weighted by Gasteiger charge is 2.21. The zero-order chi connectivity index (χ0) is 10.3. The Balaban J connectivity index is 1.88. The first-order valence-corrected chi connectivity index (χ1v) is 5.87. The van der Waals surface area contributed by atoms with Crippen LogP contribution in [0.1, 0.15) is 12.8 Å². The lowest BCUT2D eigenvalue weighted by atomic mass is 10.4. The summed E-state index contributed by atoms with van der Waals surface area (Å²) in [6.45, 7) is 0.995. The molecule has 0 unspecified atom stereocenters. The first-order chi connectivity index (χ1) is 7.33. The lowest BCUT2D eigenvalue weighted by molar-refractivity contribution is 0.867. The van der Waals surface area contributed by atoms with Gasteiger partial charge in [-0.25, -0.2) is 4.52 Å². The maximum absolute atomic E-state index is 4.41. The lowest BCUT2D eigenvalue weighted by Crippen LogP contribution is -2.04. The van der Waals surface area contributed by atoms with Crippen LogP contribution in [0.25, 0.3) is 5.65 Å². The Kier molecular flexibility index (Phi) is 2.12. The summed E-state index contributed by atoms with van der Waals surface area (Å²) in [4.78, 5) is 4.41. The molecule has 0 amide bonds. The molecule has 1 fully saturated rings. The molecule has 1 aliphatic rings. The average molecular weight is 267 g/mol. The van der Waals surface area contributed by atoms with E-state index in [9.17, 15) is 0 Å². The second kappa shape index (κ2) is 3.48. The van der Waals surface area contributed by atoms with E-state index < -0.39 is 0 Å². The number of nitrogens with one attached hydrogen (secondary N) is 1. The van der Waals surface area contributed by atoms with Gasteiger partial charge in [-0.2, -0.15) is 4.98 Å². The minimum atomic E-state index is 0.716. The molecule has 1 aliphatic carbocycles. The zero-order valence-electron chi connectivity index (χ0n) is 8.15. The summed E-state index contributed by atoms with van der Waals surface area (Å²) >= 11 is 3.45. The SMILES string of the molecule is Brc1cccn2nc(NCC3CC3)nc12. The molecule has 1 N–H and O–H groups in total. The van der Waals surface area contributed by atoms with E-state index in [1.54, 1.807) is 4.52 Å². The number of halogens is 1. The smallest absolute Gasteiger partial charge is 0.243 e. The van der Waals surface area contributed by atoms with Crippen molar-refractivity contribution in [1.82, 2.24) is 14.6 Å². The van der Waals surface area contributed by atoms with E-state index in [-0.39, 0.29) is 0 Å². The van der Waals surface area contributed by atoms with E-state index in [4.69, 9.17) is 0 Å².